The van der Waals surface area contributed by atoms with Crippen molar-refractivity contribution < 1.29 is 14.3 Å². The van der Waals surface area contributed by atoms with Crippen LogP contribution < -0.4 is 10.6 Å². The molecule has 3 heterocycles. The highest BCUT2D eigenvalue weighted by Crippen LogP contribution is 2.56. The summed E-state index contributed by atoms with van der Waals surface area (Å²) in [5.41, 5.74) is 3.32. The fourth-order valence-electron chi connectivity index (χ4n) is 7.00. The molecule has 2 N–H and O–H groups in total. The topological polar surface area (TPSA) is 70.7 Å². The van der Waals surface area contributed by atoms with E-state index in [0.29, 0.717) is 0 Å². The van der Waals surface area contributed by atoms with Gasteiger partial charge in [0.1, 0.15) is 24.1 Å². The average Bonchev–Trinajstić information content (AvgIpc) is 3.36. The molecule has 218 valence electrons. The number of hydrogen-bond acceptors (Lipinski definition) is 6. The van der Waals surface area contributed by atoms with Crippen LogP contribution in [0.1, 0.15) is 35.1 Å². The molecule has 2 unspecified atom stereocenters. The molecule has 3 saturated heterocycles. The Bertz CT molecular complexity index is 1470. The molecule has 3 aliphatic heterocycles. The van der Waals surface area contributed by atoms with E-state index < -0.39 is 17.6 Å². The lowest BCUT2D eigenvalue weighted by Crippen LogP contribution is -2.73. The van der Waals surface area contributed by atoms with E-state index in [2.05, 4.69) is 47.0 Å². The summed E-state index contributed by atoms with van der Waals surface area (Å²) in [4.78, 5) is 29.9. The SMILES string of the molecule is O=C(OCc1ccccc1)C1N2C(=O)C(NC(c3ccccc3)(c3ccccc3)c3ccccc3)[C@@H]2SC12CCNCC2. The van der Waals surface area contributed by atoms with Crippen LogP contribution in [0.25, 0.3) is 0 Å². The quantitative estimate of drug-likeness (QED) is 0.170. The Kier molecular flexibility index (Phi) is 7.55. The Morgan fingerprint density at radius 3 is 1.81 bits per heavy atom. The molecule has 0 radical (unpaired) electrons. The third-order valence-corrected chi connectivity index (χ3v) is 10.9. The number of piperidine rings is 1. The molecule has 0 aromatic heterocycles. The fraction of sp³-hybridized carbons (Fsp3) is 0.278. The number of fused-ring (bicyclic) bond motifs is 1. The summed E-state index contributed by atoms with van der Waals surface area (Å²) >= 11 is 1.78. The van der Waals surface area contributed by atoms with E-state index in [9.17, 15) is 9.59 Å². The number of ether oxygens (including phenoxy) is 1. The first-order chi connectivity index (χ1) is 21.1. The third-order valence-electron chi connectivity index (χ3n) is 9.10. The van der Waals surface area contributed by atoms with Crippen LogP contribution in [0.2, 0.25) is 0 Å². The summed E-state index contributed by atoms with van der Waals surface area (Å²) < 4.78 is 5.51. The smallest absolute Gasteiger partial charge is 0.330 e. The number of nitrogens with one attached hydrogen (secondary N) is 2. The Hall–Kier alpha value is -3.91. The lowest BCUT2D eigenvalue weighted by atomic mass is 9.75. The molecule has 3 aliphatic rings. The zero-order valence-corrected chi connectivity index (χ0v) is 24.7. The van der Waals surface area contributed by atoms with Crippen molar-refractivity contribution in [3.8, 4) is 0 Å². The summed E-state index contributed by atoms with van der Waals surface area (Å²) in [5, 5.41) is 7.16. The molecule has 7 heteroatoms. The number of amides is 1. The second-order valence-electron chi connectivity index (χ2n) is 11.5. The maximum Gasteiger partial charge on any atom is 0.330 e. The van der Waals surface area contributed by atoms with Crippen molar-refractivity contribution in [2.24, 2.45) is 0 Å². The number of esters is 1. The first-order valence-corrected chi connectivity index (χ1v) is 15.9. The number of β-lactam (4-membered cyclic amide) rings is 1. The van der Waals surface area contributed by atoms with Gasteiger partial charge in [0.05, 0.1) is 10.3 Å². The van der Waals surface area contributed by atoms with Crippen LogP contribution in [0.5, 0.6) is 0 Å². The zero-order chi connectivity index (χ0) is 29.3. The second-order valence-corrected chi connectivity index (χ2v) is 13.1. The van der Waals surface area contributed by atoms with Crippen LogP contribution in [0.3, 0.4) is 0 Å². The lowest BCUT2D eigenvalue weighted by molar-refractivity contribution is -0.165. The van der Waals surface area contributed by atoms with Crippen LogP contribution in [-0.2, 0) is 26.5 Å². The van der Waals surface area contributed by atoms with Gasteiger partial charge in [0.2, 0.25) is 5.91 Å². The number of rotatable bonds is 8. The number of hydrogen-bond donors (Lipinski definition) is 2. The molecule has 0 aliphatic carbocycles. The minimum absolute atomic E-state index is 0.0539. The number of carbonyl (C=O) groups excluding carboxylic acids is 2. The summed E-state index contributed by atoms with van der Waals surface area (Å²) in [6, 6.07) is 39.6. The highest BCUT2D eigenvalue weighted by atomic mass is 32.2. The van der Waals surface area contributed by atoms with Crippen LogP contribution >= 0.6 is 11.8 Å². The summed E-state index contributed by atoms with van der Waals surface area (Å²) in [6.45, 7) is 1.82. The molecule has 6 nitrogen and oxygen atoms in total. The highest BCUT2D eigenvalue weighted by Gasteiger charge is 2.68. The van der Waals surface area contributed by atoms with E-state index in [1.54, 1.807) is 11.8 Å². The van der Waals surface area contributed by atoms with E-state index in [-0.39, 0.29) is 28.6 Å². The van der Waals surface area contributed by atoms with E-state index in [0.717, 1.165) is 48.2 Å². The van der Waals surface area contributed by atoms with Crippen LogP contribution in [0.15, 0.2) is 121 Å². The Labute approximate surface area is 256 Å². The van der Waals surface area contributed by atoms with Gasteiger partial charge in [-0.2, -0.15) is 0 Å². The van der Waals surface area contributed by atoms with Crippen molar-refractivity contribution in [1.82, 2.24) is 15.5 Å². The van der Waals surface area contributed by atoms with Crippen LogP contribution in [0.4, 0.5) is 0 Å². The number of thioether (sulfide) groups is 1. The van der Waals surface area contributed by atoms with Crippen molar-refractivity contribution >= 4 is 23.6 Å². The van der Waals surface area contributed by atoms with E-state index in [1.807, 2.05) is 89.8 Å². The van der Waals surface area contributed by atoms with Gasteiger partial charge in [-0.25, -0.2) is 4.79 Å². The number of benzene rings is 4. The van der Waals surface area contributed by atoms with Crippen molar-refractivity contribution in [3.05, 3.63) is 144 Å². The average molecular weight is 590 g/mol. The zero-order valence-electron chi connectivity index (χ0n) is 23.9. The Morgan fingerprint density at radius 1 is 0.814 bits per heavy atom. The normalized spacial score (nSPS) is 22.6. The van der Waals surface area contributed by atoms with Gasteiger partial charge in [-0.1, -0.05) is 121 Å². The summed E-state index contributed by atoms with van der Waals surface area (Å²) in [6.07, 6.45) is 1.61. The summed E-state index contributed by atoms with van der Waals surface area (Å²) in [7, 11) is 0. The van der Waals surface area contributed by atoms with Gasteiger partial charge < -0.3 is 15.0 Å². The second kappa shape index (κ2) is 11.6. The first kappa shape index (κ1) is 27.9. The molecule has 3 fully saturated rings. The number of nitrogens with zero attached hydrogens (tertiary/aromatic N) is 1. The van der Waals surface area contributed by atoms with Gasteiger partial charge in [0, 0.05) is 0 Å². The first-order valence-electron chi connectivity index (χ1n) is 15.0. The fourth-order valence-corrected chi connectivity index (χ4v) is 8.92. The van der Waals surface area contributed by atoms with E-state index in [1.165, 1.54) is 0 Å². The van der Waals surface area contributed by atoms with Crippen LogP contribution in [-0.4, -0.2) is 52.1 Å². The molecule has 1 spiro atoms. The molecule has 0 bridgehead atoms. The van der Waals surface area contributed by atoms with Crippen molar-refractivity contribution in [2.45, 2.75) is 47.2 Å². The Balaban J connectivity index is 1.25. The molecule has 4 aromatic carbocycles. The molecular weight excluding hydrogens is 554 g/mol. The minimum atomic E-state index is -0.774. The minimum Gasteiger partial charge on any atom is -0.459 e. The van der Waals surface area contributed by atoms with Crippen LogP contribution in [0, 0.1) is 0 Å². The van der Waals surface area contributed by atoms with Crippen molar-refractivity contribution in [3.63, 3.8) is 0 Å². The van der Waals surface area contributed by atoms with E-state index in [4.69, 9.17) is 4.74 Å². The molecule has 1 amide bonds. The molecule has 43 heavy (non-hydrogen) atoms. The van der Waals surface area contributed by atoms with Gasteiger partial charge in [-0.05, 0) is 48.2 Å². The van der Waals surface area contributed by atoms with Gasteiger partial charge in [-0.3, -0.25) is 10.1 Å². The molecular formula is C36H35N3O3S. The highest BCUT2D eigenvalue weighted by molar-refractivity contribution is 8.01. The van der Waals surface area contributed by atoms with E-state index >= 15 is 0 Å². The maximum atomic E-state index is 14.3. The number of carbonyl (C=O) groups is 2. The predicted octanol–water partition coefficient (Wildman–Crippen LogP) is 5.09. The van der Waals surface area contributed by atoms with Gasteiger partial charge in [0.25, 0.3) is 0 Å². The van der Waals surface area contributed by atoms with Gasteiger partial charge in [-0.15, -0.1) is 11.8 Å². The predicted molar refractivity (Wildman–Crippen MR) is 169 cm³/mol. The molecule has 0 saturated carbocycles. The molecule has 7 rings (SSSR count). The summed E-state index contributed by atoms with van der Waals surface area (Å²) in [5.74, 6) is -0.366. The Morgan fingerprint density at radius 2 is 1.30 bits per heavy atom. The molecule has 3 atom stereocenters. The third kappa shape index (κ3) is 4.85. The maximum absolute atomic E-state index is 14.3. The van der Waals surface area contributed by atoms with Crippen molar-refractivity contribution in [2.75, 3.05) is 13.1 Å². The molecule has 4 aromatic rings. The van der Waals surface area contributed by atoms with Crippen molar-refractivity contribution in [1.29, 1.82) is 0 Å². The largest absolute Gasteiger partial charge is 0.459 e. The lowest BCUT2D eigenvalue weighted by Gasteiger charge is -2.49. The standard InChI is InChI=1S/C36H35N3O3S/c40-32-30(38-36(27-15-7-2-8-16-27,28-17-9-3-10-18-28)29-19-11-4-12-20-29)33-39(32)31(35(43-33)21-23-37-24-22-35)34(41)42-25-26-13-5-1-6-14-26/h1-20,30-31,33,37-38H,21-25H2/t30?,31?,33-/m0/s1. The van der Waals surface area contributed by atoms with Gasteiger partial charge in [0.15, 0.2) is 0 Å². The monoisotopic (exact) mass is 589 g/mol. The van der Waals surface area contributed by atoms with Gasteiger partial charge >= 0.3 is 5.97 Å².